The smallest absolute Gasteiger partial charge is 0.408 e. The van der Waals surface area contributed by atoms with Gasteiger partial charge in [-0.3, -0.25) is 9.59 Å². The number of rotatable bonds is 9. The SMILES string of the molecule is NC(=O)C[C@@H](NC(=O)OCc1ccccc1)C(=O)NCc1cccnc1N1CCCCC1. The number of piperidine rings is 1. The van der Waals surface area contributed by atoms with Crippen LogP contribution in [0.4, 0.5) is 10.6 Å². The lowest BCUT2D eigenvalue weighted by atomic mass is 10.1. The highest BCUT2D eigenvalue weighted by atomic mass is 16.5. The maximum absolute atomic E-state index is 12.7. The number of anilines is 1. The summed E-state index contributed by atoms with van der Waals surface area (Å²) in [5.74, 6) is -0.382. The highest BCUT2D eigenvalue weighted by molar-refractivity contribution is 5.90. The van der Waals surface area contributed by atoms with Crippen LogP contribution in [0.1, 0.15) is 36.8 Å². The molecule has 1 saturated heterocycles. The fourth-order valence-electron chi connectivity index (χ4n) is 3.58. The molecule has 3 amide bonds. The number of ether oxygens (including phenoxy) is 1. The van der Waals surface area contributed by atoms with Gasteiger partial charge in [-0.25, -0.2) is 9.78 Å². The van der Waals surface area contributed by atoms with E-state index in [-0.39, 0.29) is 19.6 Å². The summed E-state index contributed by atoms with van der Waals surface area (Å²) in [5.41, 5.74) is 6.95. The summed E-state index contributed by atoms with van der Waals surface area (Å²) in [5, 5.41) is 5.21. The van der Waals surface area contributed by atoms with Gasteiger partial charge in [0.15, 0.2) is 0 Å². The number of nitrogens with zero attached hydrogens (tertiary/aromatic N) is 2. The third-order valence-electron chi connectivity index (χ3n) is 5.20. The third kappa shape index (κ3) is 6.97. The van der Waals surface area contributed by atoms with E-state index in [0.717, 1.165) is 42.9 Å². The molecule has 1 atom stereocenters. The molecular formula is C23H29N5O4. The van der Waals surface area contributed by atoms with Gasteiger partial charge in [0.1, 0.15) is 18.5 Å². The molecule has 1 fully saturated rings. The van der Waals surface area contributed by atoms with Crippen molar-refractivity contribution in [3.63, 3.8) is 0 Å². The molecule has 2 heterocycles. The minimum atomic E-state index is -1.13. The van der Waals surface area contributed by atoms with Crippen LogP contribution in [0.5, 0.6) is 0 Å². The molecule has 0 unspecified atom stereocenters. The molecular weight excluding hydrogens is 410 g/mol. The van der Waals surface area contributed by atoms with Crippen LogP contribution in [0.3, 0.4) is 0 Å². The van der Waals surface area contributed by atoms with Crippen LogP contribution >= 0.6 is 0 Å². The molecule has 1 aromatic carbocycles. The molecule has 2 aromatic rings. The summed E-state index contributed by atoms with van der Waals surface area (Å²) < 4.78 is 5.15. The Morgan fingerprint density at radius 2 is 1.81 bits per heavy atom. The van der Waals surface area contributed by atoms with Crippen LogP contribution in [0, 0.1) is 0 Å². The van der Waals surface area contributed by atoms with Crippen molar-refractivity contribution in [2.24, 2.45) is 5.73 Å². The Hall–Kier alpha value is -3.62. The van der Waals surface area contributed by atoms with Gasteiger partial charge in [-0.15, -0.1) is 0 Å². The number of primary amides is 1. The second-order valence-corrected chi connectivity index (χ2v) is 7.68. The van der Waals surface area contributed by atoms with E-state index >= 15 is 0 Å². The van der Waals surface area contributed by atoms with E-state index in [4.69, 9.17) is 10.5 Å². The van der Waals surface area contributed by atoms with Crippen LogP contribution in [0.15, 0.2) is 48.7 Å². The van der Waals surface area contributed by atoms with Crippen LogP contribution in [-0.2, 0) is 27.5 Å². The highest BCUT2D eigenvalue weighted by Crippen LogP contribution is 2.21. The summed E-state index contributed by atoms with van der Waals surface area (Å²) >= 11 is 0. The fourth-order valence-corrected chi connectivity index (χ4v) is 3.58. The first-order valence-corrected chi connectivity index (χ1v) is 10.7. The molecule has 9 nitrogen and oxygen atoms in total. The van der Waals surface area contributed by atoms with E-state index in [0.29, 0.717) is 0 Å². The lowest BCUT2D eigenvalue weighted by Gasteiger charge is -2.29. The predicted molar refractivity (Wildman–Crippen MR) is 120 cm³/mol. The lowest BCUT2D eigenvalue weighted by Crippen LogP contribution is -2.48. The topological polar surface area (TPSA) is 127 Å². The van der Waals surface area contributed by atoms with E-state index in [1.807, 2.05) is 42.5 Å². The van der Waals surface area contributed by atoms with Gasteiger partial charge >= 0.3 is 6.09 Å². The van der Waals surface area contributed by atoms with Crippen molar-refractivity contribution in [2.75, 3.05) is 18.0 Å². The van der Waals surface area contributed by atoms with E-state index in [2.05, 4.69) is 20.5 Å². The van der Waals surface area contributed by atoms with E-state index < -0.39 is 23.9 Å². The Labute approximate surface area is 187 Å². The Morgan fingerprint density at radius 1 is 1.06 bits per heavy atom. The van der Waals surface area contributed by atoms with Crippen molar-refractivity contribution < 1.29 is 19.1 Å². The average Bonchev–Trinajstić information content (AvgIpc) is 2.82. The van der Waals surface area contributed by atoms with Crippen molar-refractivity contribution in [1.82, 2.24) is 15.6 Å². The largest absolute Gasteiger partial charge is 0.445 e. The van der Waals surface area contributed by atoms with E-state index in [1.54, 1.807) is 6.20 Å². The fraction of sp³-hybridized carbons (Fsp3) is 0.391. The summed E-state index contributed by atoms with van der Waals surface area (Å²) in [4.78, 5) is 43.0. The van der Waals surface area contributed by atoms with Crippen LogP contribution in [-0.4, -0.2) is 42.0 Å². The van der Waals surface area contributed by atoms with Gasteiger partial charge < -0.3 is 26.0 Å². The Balaban J connectivity index is 1.57. The van der Waals surface area contributed by atoms with Crippen molar-refractivity contribution in [3.05, 3.63) is 59.8 Å². The molecule has 0 spiro atoms. The summed E-state index contributed by atoms with van der Waals surface area (Å²) in [7, 11) is 0. The number of carbonyl (C=O) groups excluding carboxylic acids is 3. The zero-order chi connectivity index (χ0) is 22.8. The number of carbonyl (C=O) groups is 3. The number of amides is 3. The zero-order valence-corrected chi connectivity index (χ0v) is 18.0. The summed E-state index contributed by atoms with van der Waals surface area (Å²) in [6.07, 6.45) is 4.02. The maximum atomic E-state index is 12.7. The van der Waals surface area contributed by atoms with E-state index in [9.17, 15) is 14.4 Å². The van der Waals surface area contributed by atoms with Gasteiger partial charge in [0.25, 0.3) is 0 Å². The Kier molecular flexibility index (Phi) is 8.42. The molecule has 3 rings (SSSR count). The van der Waals surface area contributed by atoms with Crippen molar-refractivity contribution >= 4 is 23.7 Å². The van der Waals surface area contributed by atoms with Gasteiger partial charge in [-0.05, 0) is 30.9 Å². The molecule has 0 saturated carbocycles. The number of hydrogen-bond donors (Lipinski definition) is 3. The molecule has 1 aromatic heterocycles. The molecule has 1 aliphatic rings. The average molecular weight is 440 g/mol. The molecule has 0 aliphatic carbocycles. The molecule has 4 N–H and O–H groups in total. The van der Waals surface area contributed by atoms with Crippen molar-refractivity contribution in [3.8, 4) is 0 Å². The second kappa shape index (κ2) is 11.7. The molecule has 0 bridgehead atoms. The Bertz CT molecular complexity index is 916. The lowest BCUT2D eigenvalue weighted by molar-refractivity contribution is -0.127. The number of alkyl carbamates (subject to hydrolysis) is 1. The maximum Gasteiger partial charge on any atom is 0.408 e. The first-order valence-electron chi connectivity index (χ1n) is 10.7. The first-order chi connectivity index (χ1) is 15.5. The standard InChI is InChI=1S/C23H29N5O4/c24-20(29)14-19(27-23(31)32-16-17-8-3-1-4-9-17)22(30)26-15-18-10-7-11-25-21(18)28-12-5-2-6-13-28/h1,3-4,7-11,19H,2,5-6,12-16H2,(H2,24,29)(H,26,30)(H,27,31)/t19-/m1/s1. The highest BCUT2D eigenvalue weighted by Gasteiger charge is 2.24. The quantitative estimate of drug-likeness (QED) is 0.547. The number of nitrogens with one attached hydrogen (secondary N) is 2. The number of benzene rings is 1. The van der Waals surface area contributed by atoms with E-state index in [1.165, 1.54) is 6.42 Å². The molecule has 170 valence electrons. The van der Waals surface area contributed by atoms with Gasteiger partial charge in [0.05, 0.1) is 6.42 Å². The normalized spacial score (nSPS) is 14.3. The molecule has 9 heteroatoms. The van der Waals surface area contributed by atoms with Gasteiger partial charge in [-0.2, -0.15) is 0 Å². The van der Waals surface area contributed by atoms with Gasteiger partial charge in [-0.1, -0.05) is 36.4 Å². The second-order valence-electron chi connectivity index (χ2n) is 7.68. The molecule has 1 aliphatic heterocycles. The van der Waals surface area contributed by atoms with Gasteiger partial charge in [0, 0.05) is 31.4 Å². The van der Waals surface area contributed by atoms with Crippen molar-refractivity contribution in [2.45, 2.75) is 44.9 Å². The number of nitrogens with two attached hydrogens (primary N) is 1. The van der Waals surface area contributed by atoms with Crippen molar-refractivity contribution in [1.29, 1.82) is 0 Å². The minimum absolute atomic E-state index is 0.0481. The number of pyridine rings is 1. The van der Waals surface area contributed by atoms with Crippen LogP contribution in [0.2, 0.25) is 0 Å². The zero-order valence-electron chi connectivity index (χ0n) is 18.0. The third-order valence-corrected chi connectivity index (χ3v) is 5.20. The summed E-state index contributed by atoms with van der Waals surface area (Å²) in [6.45, 7) is 2.12. The summed E-state index contributed by atoms with van der Waals surface area (Å²) in [6, 6.07) is 11.7. The monoisotopic (exact) mass is 439 g/mol. The molecule has 32 heavy (non-hydrogen) atoms. The van der Waals surface area contributed by atoms with Crippen LogP contribution < -0.4 is 21.3 Å². The first kappa shape index (κ1) is 23.1. The predicted octanol–water partition coefficient (Wildman–Crippen LogP) is 1.86. The molecule has 0 radical (unpaired) electrons. The van der Waals surface area contributed by atoms with Gasteiger partial charge in [0.2, 0.25) is 11.8 Å². The minimum Gasteiger partial charge on any atom is -0.445 e. The number of hydrogen-bond acceptors (Lipinski definition) is 6. The Morgan fingerprint density at radius 3 is 2.53 bits per heavy atom. The van der Waals surface area contributed by atoms with Crippen LogP contribution in [0.25, 0.3) is 0 Å². The number of aromatic nitrogens is 1.